The van der Waals surface area contributed by atoms with Crippen molar-refractivity contribution in [2.75, 3.05) is 26.8 Å². The van der Waals surface area contributed by atoms with Gasteiger partial charge in [0.25, 0.3) is 0 Å². The first-order valence-corrected chi connectivity index (χ1v) is 5.04. The molecule has 0 aliphatic carbocycles. The summed E-state index contributed by atoms with van der Waals surface area (Å²) in [7, 11) is 1.72. The molecule has 0 amide bonds. The fraction of sp³-hybridized carbons (Fsp3) is 1.00. The third kappa shape index (κ3) is 3.25. The quantitative estimate of drug-likeness (QED) is 0.707. The molecule has 0 aromatic carbocycles. The summed E-state index contributed by atoms with van der Waals surface area (Å²) in [5.41, 5.74) is 0. The zero-order valence-corrected chi connectivity index (χ0v) is 8.86. The number of ether oxygens (including phenoxy) is 1. The van der Waals surface area contributed by atoms with E-state index in [1.54, 1.807) is 7.11 Å². The summed E-state index contributed by atoms with van der Waals surface area (Å²) in [6.45, 7) is 6.97. The van der Waals surface area contributed by atoms with Crippen molar-refractivity contribution < 1.29 is 9.84 Å². The Hall–Kier alpha value is -0.120. The molecule has 78 valence electrons. The minimum absolute atomic E-state index is 0.150. The van der Waals surface area contributed by atoms with Gasteiger partial charge in [0.1, 0.15) is 0 Å². The van der Waals surface area contributed by atoms with Gasteiger partial charge in [-0.25, -0.2) is 0 Å². The lowest BCUT2D eigenvalue weighted by Gasteiger charge is -2.37. The molecule has 3 atom stereocenters. The van der Waals surface area contributed by atoms with Gasteiger partial charge in [0.15, 0.2) is 0 Å². The fourth-order valence-corrected chi connectivity index (χ4v) is 2.07. The van der Waals surface area contributed by atoms with Crippen LogP contribution < -0.4 is 0 Å². The zero-order valence-electron chi connectivity index (χ0n) is 8.86. The Morgan fingerprint density at radius 2 is 2.23 bits per heavy atom. The Morgan fingerprint density at radius 1 is 1.54 bits per heavy atom. The van der Waals surface area contributed by atoms with E-state index >= 15 is 0 Å². The van der Waals surface area contributed by atoms with E-state index in [0.29, 0.717) is 12.0 Å². The molecule has 3 heteroatoms. The molecule has 0 saturated carbocycles. The second-order valence-corrected chi connectivity index (χ2v) is 4.25. The number of hydrogen-bond donors (Lipinski definition) is 1. The van der Waals surface area contributed by atoms with Crippen LogP contribution >= 0.6 is 0 Å². The number of methoxy groups -OCH3 is 1. The average Bonchev–Trinajstić information content (AvgIpc) is 2.03. The van der Waals surface area contributed by atoms with E-state index in [-0.39, 0.29) is 6.10 Å². The predicted molar refractivity (Wildman–Crippen MR) is 52.7 cm³/mol. The lowest BCUT2D eigenvalue weighted by atomic mass is 9.97. The standard InChI is InChI=1S/C10H21NO2/c1-8-4-10(12)6-11(5-8)9(2)7-13-3/h8-10,12H,4-7H2,1-3H3. The highest BCUT2D eigenvalue weighted by atomic mass is 16.5. The molecule has 1 rings (SSSR count). The molecular formula is C10H21NO2. The number of β-amino-alcohol motifs (C(OH)–C–C–N with tert-alkyl or cyclic N) is 1. The minimum atomic E-state index is -0.150. The Bertz CT molecular complexity index is 142. The van der Waals surface area contributed by atoms with Crippen LogP contribution in [0.25, 0.3) is 0 Å². The normalized spacial score (nSPS) is 33.2. The maximum absolute atomic E-state index is 9.58. The highest BCUT2D eigenvalue weighted by Crippen LogP contribution is 2.18. The van der Waals surface area contributed by atoms with Gasteiger partial charge in [-0.1, -0.05) is 6.92 Å². The van der Waals surface area contributed by atoms with Crippen molar-refractivity contribution in [1.82, 2.24) is 4.90 Å². The molecular weight excluding hydrogens is 166 g/mol. The second-order valence-electron chi connectivity index (χ2n) is 4.25. The molecule has 0 aromatic rings. The third-order valence-electron chi connectivity index (χ3n) is 2.70. The monoisotopic (exact) mass is 187 g/mol. The van der Waals surface area contributed by atoms with Crippen LogP contribution in [0, 0.1) is 5.92 Å². The summed E-state index contributed by atoms with van der Waals surface area (Å²) >= 11 is 0. The Kier molecular flexibility index (Phi) is 4.16. The molecule has 1 aliphatic rings. The molecule has 0 radical (unpaired) electrons. The lowest BCUT2D eigenvalue weighted by molar-refractivity contribution is 0.00551. The summed E-state index contributed by atoms with van der Waals surface area (Å²) in [5, 5.41) is 9.58. The highest BCUT2D eigenvalue weighted by molar-refractivity contribution is 4.79. The molecule has 13 heavy (non-hydrogen) atoms. The van der Waals surface area contributed by atoms with E-state index in [1.165, 1.54) is 0 Å². The molecule has 3 unspecified atom stereocenters. The van der Waals surface area contributed by atoms with E-state index in [0.717, 1.165) is 26.1 Å². The van der Waals surface area contributed by atoms with E-state index in [9.17, 15) is 5.11 Å². The number of hydrogen-bond acceptors (Lipinski definition) is 3. The van der Waals surface area contributed by atoms with Crippen molar-refractivity contribution in [3.8, 4) is 0 Å². The number of aliphatic hydroxyl groups excluding tert-OH is 1. The zero-order chi connectivity index (χ0) is 9.84. The number of rotatable bonds is 3. The van der Waals surface area contributed by atoms with Crippen molar-refractivity contribution in [3.05, 3.63) is 0 Å². The Morgan fingerprint density at radius 3 is 2.77 bits per heavy atom. The summed E-state index contributed by atoms with van der Waals surface area (Å²) < 4.78 is 5.10. The van der Waals surface area contributed by atoms with E-state index < -0.39 is 0 Å². The molecule has 0 spiro atoms. The number of likely N-dealkylation sites (tertiary alicyclic amines) is 1. The van der Waals surface area contributed by atoms with Gasteiger partial charge < -0.3 is 9.84 Å². The van der Waals surface area contributed by atoms with Crippen LogP contribution in [0.3, 0.4) is 0 Å². The summed E-state index contributed by atoms with van der Waals surface area (Å²) in [4.78, 5) is 2.31. The maximum atomic E-state index is 9.58. The van der Waals surface area contributed by atoms with Crippen molar-refractivity contribution in [1.29, 1.82) is 0 Å². The van der Waals surface area contributed by atoms with Gasteiger partial charge in [0.05, 0.1) is 12.7 Å². The lowest BCUT2D eigenvalue weighted by Crippen LogP contribution is -2.48. The van der Waals surface area contributed by atoms with Crippen LogP contribution in [0.15, 0.2) is 0 Å². The van der Waals surface area contributed by atoms with Gasteiger partial charge >= 0.3 is 0 Å². The minimum Gasteiger partial charge on any atom is -0.392 e. The molecule has 0 aromatic heterocycles. The van der Waals surface area contributed by atoms with Gasteiger partial charge in [0, 0.05) is 26.2 Å². The van der Waals surface area contributed by atoms with Crippen LogP contribution in [-0.2, 0) is 4.74 Å². The van der Waals surface area contributed by atoms with Crippen LogP contribution in [0.5, 0.6) is 0 Å². The van der Waals surface area contributed by atoms with Gasteiger partial charge in [-0.15, -0.1) is 0 Å². The summed E-state index contributed by atoms with van der Waals surface area (Å²) in [6.07, 6.45) is 0.791. The molecule has 1 heterocycles. The van der Waals surface area contributed by atoms with Gasteiger partial charge in [-0.05, 0) is 19.3 Å². The number of nitrogens with zero attached hydrogens (tertiary/aromatic N) is 1. The van der Waals surface area contributed by atoms with Gasteiger partial charge in [-0.2, -0.15) is 0 Å². The molecule has 1 fully saturated rings. The predicted octanol–water partition coefficient (Wildman–Crippen LogP) is 0.724. The topological polar surface area (TPSA) is 32.7 Å². The SMILES string of the molecule is COCC(C)N1CC(C)CC(O)C1. The van der Waals surface area contributed by atoms with Crippen molar-refractivity contribution in [3.63, 3.8) is 0 Å². The van der Waals surface area contributed by atoms with Crippen molar-refractivity contribution in [2.45, 2.75) is 32.4 Å². The summed E-state index contributed by atoms with van der Waals surface area (Å²) in [6, 6.07) is 0.419. The molecule has 1 N–H and O–H groups in total. The van der Waals surface area contributed by atoms with Crippen molar-refractivity contribution in [2.24, 2.45) is 5.92 Å². The first-order valence-electron chi connectivity index (χ1n) is 5.04. The molecule has 3 nitrogen and oxygen atoms in total. The number of piperidine rings is 1. The van der Waals surface area contributed by atoms with Crippen LogP contribution in [-0.4, -0.2) is 49.0 Å². The Balaban J connectivity index is 2.40. The highest BCUT2D eigenvalue weighted by Gasteiger charge is 2.25. The molecule has 0 bridgehead atoms. The summed E-state index contributed by atoms with van der Waals surface area (Å²) in [5.74, 6) is 0.600. The van der Waals surface area contributed by atoms with Crippen LogP contribution in [0.1, 0.15) is 20.3 Å². The molecule has 1 aliphatic heterocycles. The van der Waals surface area contributed by atoms with Gasteiger partial charge in [0.2, 0.25) is 0 Å². The van der Waals surface area contributed by atoms with E-state index in [1.807, 2.05) is 0 Å². The van der Waals surface area contributed by atoms with Crippen molar-refractivity contribution >= 4 is 0 Å². The average molecular weight is 187 g/mol. The maximum Gasteiger partial charge on any atom is 0.0670 e. The number of aliphatic hydroxyl groups is 1. The first kappa shape index (κ1) is 11.0. The fourth-order valence-electron chi connectivity index (χ4n) is 2.07. The van der Waals surface area contributed by atoms with Crippen LogP contribution in [0.4, 0.5) is 0 Å². The van der Waals surface area contributed by atoms with E-state index in [2.05, 4.69) is 18.7 Å². The third-order valence-corrected chi connectivity index (χ3v) is 2.70. The smallest absolute Gasteiger partial charge is 0.0670 e. The largest absolute Gasteiger partial charge is 0.392 e. The Labute approximate surface area is 80.7 Å². The molecule has 1 saturated heterocycles. The van der Waals surface area contributed by atoms with Gasteiger partial charge in [-0.3, -0.25) is 4.90 Å². The van der Waals surface area contributed by atoms with E-state index in [4.69, 9.17) is 4.74 Å². The first-order chi connectivity index (χ1) is 6.13. The van der Waals surface area contributed by atoms with Crippen LogP contribution in [0.2, 0.25) is 0 Å². The second kappa shape index (κ2) is 4.94.